The van der Waals surface area contributed by atoms with Crippen molar-refractivity contribution in [3.8, 4) is 17.2 Å². The Hall–Kier alpha value is -3.02. The molecule has 168 valence electrons. The number of benzene rings is 3. The maximum Gasteiger partial charge on any atom is 0.231 e. The van der Waals surface area contributed by atoms with Gasteiger partial charge in [-0.1, -0.05) is 48.0 Å². The van der Waals surface area contributed by atoms with Gasteiger partial charge >= 0.3 is 0 Å². The molecule has 0 radical (unpaired) electrons. The fourth-order valence-corrected chi connectivity index (χ4v) is 3.95. The smallest absolute Gasteiger partial charge is 0.231 e. The average Bonchev–Trinajstić information content (AvgIpc) is 3.23. The van der Waals surface area contributed by atoms with Gasteiger partial charge < -0.3 is 19.3 Å². The minimum absolute atomic E-state index is 0.245. The first-order valence-corrected chi connectivity index (χ1v) is 11.0. The Morgan fingerprint density at radius 3 is 2.56 bits per heavy atom. The van der Waals surface area contributed by atoms with Crippen molar-refractivity contribution in [2.75, 3.05) is 19.9 Å². The Balaban J connectivity index is 1.47. The average molecular weight is 434 g/mol. The summed E-state index contributed by atoms with van der Waals surface area (Å²) in [7, 11) is 0. The van der Waals surface area contributed by atoms with Crippen molar-refractivity contribution in [3.63, 3.8) is 0 Å². The number of hydrogen-bond donors (Lipinski definition) is 1. The highest BCUT2D eigenvalue weighted by Gasteiger charge is 2.18. The summed E-state index contributed by atoms with van der Waals surface area (Å²) in [5.41, 5.74) is 5.92. The van der Waals surface area contributed by atoms with Gasteiger partial charge in [-0.05, 0) is 61.2 Å². The molecule has 0 aliphatic carbocycles. The van der Waals surface area contributed by atoms with Crippen molar-refractivity contribution in [2.24, 2.45) is 0 Å². The molecule has 0 amide bonds. The molecule has 32 heavy (non-hydrogen) atoms. The molecular formula is C27H31NO4. The zero-order chi connectivity index (χ0) is 22.5. The normalized spacial score (nSPS) is 13.4. The van der Waals surface area contributed by atoms with E-state index in [4.69, 9.17) is 14.2 Å². The molecule has 1 aliphatic rings. The van der Waals surface area contributed by atoms with E-state index in [0.29, 0.717) is 13.1 Å². The topological polar surface area (TPSA) is 51.2 Å². The third kappa shape index (κ3) is 5.61. The molecule has 0 saturated heterocycles. The fourth-order valence-electron chi connectivity index (χ4n) is 3.95. The molecule has 5 heteroatoms. The summed E-state index contributed by atoms with van der Waals surface area (Å²) in [5.74, 6) is 2.36. The number of aliphatic hydroxyl groups excluding tert-OH is 1. The predicted octanol–water partition coefficient (Wildman–Crippen LogP) is 4.78. The number of aliphatic hydroxyl groups is 1. The second kappa shape index (κ2) is 10.1. The second-order valence-electron chi connectivity index (χ2n) is 8.52. The molecule has 0 aromatic heterocycles. The van der Waals surface area contributed by atoms with Crippen LogP contribution in [-0.4, -0.2) is 36.1 Å². The van der Waals surface area contributed by atoms with Crippen molar-refractivity contribution in [1.82, 2.24) is 4.90 Å². The molecular weight excluding hydrogens is 402 g/mol. The third-order valence-corrected chi connectivity index (χ3v) is 5.74. The van der Waals surface area contributed by atoms with Gasteiger partial charge in [-0.25, -0.2) is 0 Å². The van der Waals surface area contributed by atoms with Crippen LogP contribution in [0.25, 0.3) is 0 Å². The number of fused-ring (bicyclic) bond motifs is 1. The molecule has 0 spiro atoms. The molecule has 1 aliphatic heterocycles. The van der Waals surface area contributed by atoms with Crippen LogP contribution in [0, 0.1) is 20.8 Å². The van der Waals surface area contributed by atoms with Gasteiger partial charge in [-0.15, -0.1) is 0 Å². The van der Waals surface area contributed by atoms with Gasteiger partial charge in [-0.3, -0.25) is 4.90 Å². The highest BCUT2D eigenvalue weighted by Crippen LogP contribution is 2.33. The maximum absolute atomic E-state index is 10.8. The first-order chi connectivity index (χ1) is 15.5. The first kappa shape index (κ1) is 22.2. The zero-order valence-electron chi connectivity index (χ0n) is 19.0. The monoisotopic (exact) mass is 433 g/mol. The predicted molar refractivity (Wildman–Crippen MR) is 125 cm³/mol. The van der Waals surface area contributed by atoms with Gasteiger partial charge in [0.25, 0.3) is 0 Å². The van der Waals surface area contributed by atoms with Crippen LogP contribution in [-0.2, 0) is 13.1 Å². The molecule has 3 aromatic carbocycles. The van der Waals surface area contributed by atoms with E-state index in [1.165, 1.54) is 16.7 Å². The standard InChI is InChI=1S/C27H31NO4/c1-19-8-9-20(2)23(12-19)15-28(14-22-10-11-26-27(13-22)32-18-31-26)16-24(29)17-30-25-7-5-4-6-21(25)3/h4-13,24,29H,14-18H2,1-3H3/t24-/m0/s1. The van der Waals surface area contributed by atoms with Crippen molar-refractivity contribution in [1.29, 1.82) is 0 Å². The van der Waals surface area contributed by atoms with Gasteiger partial charge in [0, 0.05) is 19.6 Å². The highest BCUT2D eigenvalue weighted by molar-refractivity contribution is 5.44. The molecule has 5 nitrogen and oxygen atoms in total. The summed E-state index contributed by atoms with van der Waals surface area (Å²) in [6, 6.07) is 20.4. The summed E-state index contributed by atoms with van der Waals surface area (Å²) in [4.78, 5) is 2.26. The second-order valence-corrected chi connectivity index (χ2v) is 8.52. The van der Waals surface area contributed by atoms with Crippen LogP contribution in [0.3, 0.4) is 0 Å². The molecule has 1 N–H and O–H groups in total. The van der Waals surface area contributed by atoms with Gasteiger partial charge in [0.05, 0.1) is 0 Å². The Kier molecular flexibility index (Phi) is 6.98. The molecule has 1 atom stereocenters. The van der Waals surface area contributed by atoms with E-state index in [9.17, 15) is 5.11 Å². The number of rotatable bonds is 9. The van der Waals surface area contributed by atoms with Crippen LogP contribution in [0.2, 0.25) is 0 Å². The third-order valence-electron chi connectivity index (χ3n) is 5.74. The summed E-state index contributed by atoms with van der Waals surface area (Å²) >= 11 is 0. The van der Waals surface area contributed by atoms with Crippen LogP contribution >= 0.6 is 0 Å². The lowest BCUT2D eigenvalue weighted by Gasteiger charge is -2.26. The minimum Gasteiger partial charge on any atom is -0.491 e. The van der Waals surface area contributed by atoms with E-state index in [1.54, 1.807) is 0 Å². The number of nitrogens with zero attached hydrogens (tertiary/aromatic N) is 1. The summed E-state index contributed by atoms with van der Waals surface area (Å²) in [6.45, 7) is 8.67. The van der Waals surface area contributed by atoms with E-state index in [0.717, 1.165) is 34.9 Å². The van der Waals surface area contributed by atoms with Crippen LogP contribution in [0.4, 0.5) is 0 Å². The van der Waals surface area contributed by atoms with E-state index in [-0.39, 0.29) is 13.4 Å². The number of aryl methyl sites for hydroxylation is 3. The number of hydrogen-bond acceptors (Lipinski definition) is 5. The van der Waals surface area contributed by atoms with E-state index in [1.807, 2.05) is 43.3 Å². The molecule has 0 saturated carbocycles. The quantitative estimate of drug-likeness (QED) is 0.526. The van der Waals surface area contributed by atoms with Crippen LogP contribution in [0.1, 0.15) is 27.8 Å². The Bertz CT molecular complexity index is 1070. The van der Waals surface area contributed by atoms with Crippen LogP contribution < -0.4 is 14.2 Å². The molecule has 0 unspecified atom stereocenters. The van der Waals surface area contributed by atoms with Crippen LogP contribution in [0.15, 0.2) is 60.7 Å². The van der Waals surface area contributed by atoms with Gasteiger partial charge in [0.15, 0.2) is 11.5 Å². The lowest BCUT2D eigenvalue weighted by atomic mass is 10.0. The minimum atomic E-state index is -0.617. The van der Waals surface area contributed by atoms with Gasteiger partial charge in [0.2, 0.25) is 6.79 Å². The van der Waals surface area contributed by atoms with Gasteiger partial charge in [0.1, 0.15) is 18.5 Å². The van der Waals surface area contributed by atoms with E-state index >= 15 is 0 Å². The number of para-hydroxylation sites is 1. The molecule has 0 fully saturated rings. The lowest BCUT2D eigenvalue weighted by molar-refractivity contribution is 0.0625. The van der Waals surface area contributed by atoms with E-state index in [2.05, 4.69) is 43.0 Å². The van der Waals surface area contributed by atoms with Gasteiger partial charge in [-0.2, -0.15) is 0 Å². The van der Waals surface area contributed by atoms with Crippen molar-refractivity contribution in [2.45, 2.75) is 40.0 Å². The van der Waals surface area contributed by atoms with E-state index < -0.39 is 6.10 Å². The molecule has 4 rings (SSSR count). The molecule has 0 bridgehead atoms. The lowest BCUT2D eigenvalue weighted by Crippen LogP contribution is -2.35. The molecule has 1 heterocycles. The van der Waals surface area contributed by atoms with Crippen molar-refractivity contribution >= 4 is 0 Å². The van der Waals surface area contributed by atoms with Crippen LogP contribution in [0.5, 0.6) is 17.2 Å². The Morgan fingerprint density at radius 1 is 0.906 bits per heavy atom. The zero-order valence-corrected chi connectivity index (χ0v) is 19.0. The summed E-state index contributed by atoms with van der Waals surface area (Å²) in [5, 5.41) is 10.8. The Morgan fingerprint density at radius 2 is 1.72 bits per heavy atom. The SMILES string of the molecule is Cc1ccc(C)c(CN(Cc2ccc3c(c2)OCO3)C[C@H](O)COc2ccccc2C)c1. The first-order valence-electron chi connectivity index (χ1n) is 11.0. The van der Waals surface area contributed by atoms with Crippen molar-refractivity contribution < 1.29 is 19.3 Å². The largest absolute Gasteiger partial charge is 0.491 e. The molecule has 3 aromatic rings. The Labute approximate surface area is 190 Å². The fraction of sp³-hybridized carbons (Fsp3) is 0.333. The highest BCUT2D eigenvalue weighted by atomic mass is 16.7. The number of ether oxygens (including phenoxy) is 3. The maximum atomic E-state index is 10.8. The van der Waals surface area contributed by atoms with Crippen molar-refractivity contribution in [3.05, 3.63) is 88.5 Å². The summed E-state index contributed by atoms with van der Waals surface area (Å²) in [6.07, 6.45) is -0.617. The summed E-state index contributed by atoms with van der Waals surface area (Å²) < 4.78 is 16.9.